The van der Waals surface area contributed by atoms with Gasteiger partial charge in [0.05, 0.1) is 12.1 Å². The molecule has 5 rings (SSSR count). The average molecular weight is 500 g/mol. The lowest BCUT2D eigenvalue weighted by Crippen LogP contribution is -2.49. The molecule has 1 fully saturated rings. The summed E-state index contributed by atoms with van der Waals surface area (Å²) in [5, 5.41) is 7.11. The highest BCUT2D eigenvalue weighted by Crippen LogP contribution is 2.33. The number of benzene rings is 1. The number of anilines is 1. The van der Waals surface area contributed by atoms with E-state index in [0.29, 0.717) is 39.4 Å². The van der Waals surface area contributed by atoms with Crippen LogP contribution < -0.4 is 10.6 Å². The lowest BCUT2D eigenvalue weighted by molar-refractivity contribution is -0.121. The first-order valence-corrected chi connectivity index (χ1v) is 12.0. The van der Waals surface area contributed by atoms with Gasteiger partial charge in [0.2, 0.25) is 11.9 Å². The van der Waals surface area contributed by atoms with Crippen LogP contribution in [-0.2, 0) is 11.3 Å². The molecule has 0 atom stereocenters. The summed E-state index contributed by atoms with van der Waals surface area (Å²) in [4.78, 5) is 27.8. The second-order valence-corrected chi connectivity index (χ2v) is 9.81. The molecule has 4 aromatic rings. The van der Waals surface area contributed by atoms with Crippen molar-refractivity contribution in [3.8, 4) is 11.1 Å². The lowest BCUT2D eigenvalue weighted by Gasteiger charge is -2.38. The Morgan fingerprint density at radius 2 is 2.03 bits per heavy atom. The number of amides is 1. The molecule has 0 spiro atoms. The lowest BCUT2D eigenvalue weighted by atomic mass is 9.81. The summed E-state index contributed by atoms with van der Waals surface area (Å²) in [5.41, 5.74) is 1.97. The fourth-order valence-electron chi connectivity index (χ4n) is 5.17. The predicted octanol–water partition coefficient (Wildman–Crippen LogP) is 4.94. The number of H-pyrrole nitrogens is 1. The Kier molecular flexibility index (Phi) is 6.09. The van der Waals surface area contributed by atoms with Crippen LogP contribution >= 0.6 is 0 Å². The second-order valence-electron chi connectivity index (χ2n) is 9.81. The molecule has 190 valence electrons. The summed E-state index contributed by atoms with van der Waals surface area (Å²) >= 11 is 0. The Labute approximate surface area is 205 Å². The van der Waals surface area contributed by atoms with Gasteiger partial charge in [0.1, 0.15) is 17.0 Å². The maximum Gasteiger partial charge on any atom is 0.256 e. The van der Waals surface area contributed by atoms with Crippen LogP contribution in [0.3, 0.4) is 0 Å². The monoisotopic (exact) mass is 499 g/mol. The molecule has 0 aliphatic heterocycles. The van der Waals surface area contributed by atoms with Crippen molar-refractivity contribution >= 4 is 33.9 Å². The van der Waals surface area contributed by atoms with Crippen LogP contribution in [0, 0.1) is 12.7 Å². The van der Waals surface area contributed by atoms with Gasteiger partial charge in [-0.2, -0.15) is 4.98 Å². The number of carbonyl (C=O) groups excluding carboxylic acids is 1. The van der Waals surface area contributed by atoms with Crippen molar-refractivity contribution in [2.24, 2.45) is 0 Å². The smallest absolute Gasteiger partial charge is 0.256 e. The molecule has 8 nitrogen and oxygen atoms in total. The van der Waals surface area contributed by atoms with Crippen LogP contribution in [0.15, 0.2) is 24.5 Å². The van der Waals surface area contributed by atoms with Crippen molar-refractivity contribution in [2.75, 3.05) is 5.32 Å². The van der Waals surface area contributed by atoms with E-state index in [9.17, 15) is 18.0 Å². The Hall–Kier alpha value is -3.63. The number of alkyl halides is 2. The standard InChI is InChI=1S/C25H28F3N7O/c1-13-31-22-19(26)8-15(9-20(22)35(13)12-21(27)28)17-10-29-23-18(17)11-30-24(33-23)32-16-4-6-25(3,7-5-16)34-14(2)36/h8-11,16,21H,4-7,12H2,1-3H3,(H,34,36)(H2,29,30,32,33)/t16-,25-. The molecule has 0 unspecified atom stereocenters. The van der Waals surface area contributed by atoms with Gasteiger partial charge in [0.25, 0.3) is 6.43 Å². The van der Waals surface area contributed by atoms with Crippen LogP contribution in [0.2, 0.25) is 0 Å². The predicted molar refractivity (Wildman–Crippen MR) is 131 cm³/mol. The minimum absolute atomic E-state index is 0.0205. The first kappa shape index (κ1) is 24.1. The number of nitrogens with zero attached hydrogens (tertiary/aromatic N) is 4. The van der Waals surface area contributed by atoms with Gasteiger partial charge in [0.15, 0.2) is 5.82 Å². The molecule has 3 heterocycles. The Morgan fingerprint density at radius 3 is 2.72 bits per heavy atom. The zero-order valence-corrected chi connectivity index (χ0v) is 20.3. The maximum absolute atomic E-state index is 14.9. The van der Waals surface area contributed by atoms with Crippen LogP contribution in [0.1, 0.15) is 45.4 Å². The number of hydrogen-bond acceptors (Lipinski definition) is 5. The highest BCUT2D eigenvalue weighted by molar-refractivity contribution is 5.96. The minimum Gasteiger partial charge on any atom is -0.351 e. The molecule has 3 aromatic heterocycles. The summed E-state index contributed by atoms with van der Waals surface area (Å²) < 4.78 is 42.4. The number of aromatic nitrogens is 5. The van der Waals surface area contributed by atoms with Crippen LogP contribution in [-0.4, -0.2) is 48.4 Å². The Bertz CT molecular complexity index is 1440. The number of aromatic amines is 1. The van der Waals surface area contributed by atoms with Crippen molar-refractivity contribution < 1.29 is 18.0 Å². The first-order valence-electron chi connectivity index (χ1n) is 12.0. The number of nitrogens with one attached hydrogen (secondary N) is 3. The van der Waals surface area contributed by atoms with Gasteiger partial charge in [-0.25, -0.2) is 23.1 Å². The molecule has 1 aliphatic carbocycles. The number of hydrogen-bond donors (Lipinski definition) is 3. The van der Waals surface area contributed by atoms with E-state index in [1.54, 1.807) is 25.4 Å². The van der Waals surface area contributed by atoms with Crippen LogP contribution in [0.25, 0.3) is 33.2 Å². The van der Waals surface area contributed by atoms with Gasteiger partial charge in [0, 0.05) is 41.8 Å². The van der Waals surface area contributed by atoms with E-state index in [-0.39, 0.29) is 23.0 Å². The topological polar surface area (TPSA) is 101 Å². The number of aryl methyl sites for hydroxylation is 1. The Morgan fingerprint density at radius 1 is 1.28 bits per heavy atom. The van der Waals surface area contributed by atoms with Crippen LogP contribution in [0.5, 0.6) is 0 Å². The first-order chi connectivity index (χ1) is 17.1. The van der Waals surface area contributed by atoms with E-state index >= 15 is 0 Å². The molecular formula is C25H28F3N7O. The highest BCUT2D eigenvalue weighted by atomic mass is 19.3. The summed E-state index contributed by atoms with van der Waals surface area (Å²) in [7, 11) is 0. The van der Waals surface area contributed by atoms with Gasteiger partial charge in [-0.15, -0.1) is 0 Å². The number of imidazole rings is 1. The zero-order chi connectivity index (χ0) is 25.6. The molecule has 36 heavy (non-hydrogen) atoms. The fourth-order valence-corrected chi connectivity index (χ4v) is 5.17. The SMILES string of the molecule is CC(=O)N[C@]1(C)CC[C@@H](Nc2ncc3c(-c4cc(F)c5nc(C)n(CC(F)F)c5c4)c[nH]c3n2)CC1. The summed E-state index contributed by atoms with van der Waals surface area (Å²) in [6.07, 6.45) is 4.26. The number of halogens is 3. The van der Waals surface area contributed by atoms with Crippen molar-refractivity contribution in [1.29, 1.82) is 0 Å². The molecule has 1 aromatic carbocycles. The van der Waals surface area contributed by atoms with E-state index in [0.717, 1.165) is 25.7 Å². The summed E-state index contributed by atoms with van der Waals surface area (Å²) in [5.74, 6) is 0.222. The number of rotatable bonds is 6. The number of fused-ring (bicyclic) bond motifs is 2. The average Bonchev–Trinajstić information content (AvgIpc) is 3.36. The minimum atomic E-state index is -2.58. The van der Waals surface area contributed by atoms with Crippen LogP contribution in [0.4, 0.5) is 19.1 Å². The molecule has 0 bridgehead atoms. The van der Waals surface area contributed by atoms with E-state index in [4.69, 9.17) is 0 Å². The molecule has 1 saturated carbocycles. The van der Waals surface area contributed by atoms with Crippen molar-refractivity contribution in [3.05, 3.63) is 36.2 Å². The van der Waals surface area contributed by atoms with Gasteiger partial charge < -0.3 is 20.2 Å². The number of carbonyl (C=O) groups is 1. The third-order valence-corrected chi connectivity index (χ3v) is 6.96. The quantitative estimate of drug-likeness (QED) is 0.349. The fraction of sp³-hybridized carbons (Fsp3) is 0.440. The Balaban J connectivity index is 1.39. The largest absolute Gasteiger partial charge is 0.351 e. The zero-order valence-electron chi connectivity index (χ0n) is 20.3. The van der Waals surface area contributed by atoms with E-state index in [1.807, 2.05) is 0 Å². The third kappa shape index (κ3) is 4.61. The molecule has 11 heteroatoms. The molecule has 1 amide bonds. The maximum atomic E-state index is 14.9. The van der Waals surface area contributed by atoms with Crippen molar-refractivity contribution in [2.45, 2.75) is 71.0 Å². The molecule has 0 saturated heterocycles. The van der Waals surface area contributed by atoms with Gasteiger partial charge >= 0.3 is 0 Å². The second kappa shape index (κ2) is 9.11. The van der Waals surface area contributed by atoms with E-state index < -0.39 is 18.8 Å². The highest BCUT2D eigenvalue weighted by Gasteiger charge is 2.32. The van der Waals surface area contributed by atoms with Gasteiger partial charge in [-0.3, -0.25) is 4.79 Å². The molecular weight excluding hydrogens is 471 g/mol. The molecule has 3 N–H and O–H groups in total. The summed E-state index contributed by atoms with van der Waals surface area (Å²) in [6.45, 7) is 4.63. The van der Waals surface area contributed by atoms with Crippen molar-refractivity contribution in [3.63, 3.8) is 0 Å². The van der Waals surface area contributed by atoms with E-state index in [2.05, 4.69) is 37.5 Å². The molecule has 0 radical (unpaired) electrons. The van der Waals surface area contributed by atoms with Gasteiger partial charge in [-0.1, -0.05) is 0 Å². The van der Waals surface area contributed by atoms with Crippen molar-refractivity contribution in [1.82, 2.24) is 29.8 Å². The molecule has 1 aliphatic rings. The van der Waals surface area contributed by atoms with E-state index in [1.165, 1.54) is 17.6 Å². The van der Waals surface area contributed by atoms with Gasteiger partial charge in [-0.05, 0) is 57.2 Å². The third-order valence-electron chi connectivity index (χ3n) is 6.96. The normalized spacial score (nSPS) is 20.4. The summed E-state index contributed by atoms with van der Waals surface area (Å²) in [6, 6.07) is 3.21.